The second kappa shape index (κ2) is 16.5. The van der Waals surface area contributed by atoms with Crippen LogP contribution in [0.2, 0.25) is 0 Å². The molecule has 1 saturated heterocycles. The van der Waals surface area contributed by atoms with Crippen LogP contribution in [0.3, 0.4) is 0 Å². The summed E-state index contributed by atoms with van der Waals surface area (Å²) >= 11 is 0. The maximum Gasteiger partial charge on any atom is 0.330 e. The Hall–Kier alpha value is -1.25. The summed E-state index contributed by atoms with van der Waals surface area (Å²) in [6.45, 7) is 28.7. The highest BCUT2D eigenvalue weighted by Crippen LogP contribution is 2.66. The lowest BCUT2D eigenvalue weighted by molar-refractivity contribution is -0.0997. The molecule has 4 aliphatic carbocycles. The fourth-order valence-electron chi connectivity index (χ4n) is 13.0. The van der Waals surface area contributed by atoms with E-state index in [9.17, 15) is 4.89 Å². The van der Waals surface area contributed by atoms with E-state index >= 15 is 0 Å². The maximum absolute atomic E-state index is 12.3. The summed E-state index contributed by atoms with van der Waals surface area (Å²) in [4.78, 5) is 12.3. The Morgan fingerprint density at radius 3 is 1.09 bits per heavy atom. The molecule has 0 spiro atoms. The predicted molar refractivity (Wildman–Crippen MR) is 229 cm³/mol. The maximum atomic E-state index is 12.3. The van der Waals surface area contributed by atoms with Gasteiger partial charge in [-0.15, -0.1) is 0 Å². The van der Waals surface area contributed by atoms with Crippen LogP contribution in [-0.4, -0.2) is 17.1 Å². The molecule has 10 atom stereocenters. The van der Waals surface area contributed by atoms with Crippen molar-refractivity contribution in [1.82, 2.24) is 0 Å². The molecule has 0 aromatic heterocycles. The monoisotopic (exact) mass is 757 g/mol. The van der Waals surface area contributed by atoms with E-state index in [1.807, 2.05) is 0 Å². The summed E-state index contributed by atoms with van der Waals surface area (Å²) in [7, 11) is -2.02. The van der Waals surface area contributed by atoms with Crippen molar-refractivity contribution in [1.29, 1.82) is 0 Å². The van der Waals surface area contributed by atoms with E-state index in [4.69, 9.17) is 9.05 Å². The largest absolute Gasteiger partial charge is 0.330 e. The number of rotatable bonds is 8. The first kappa shape index (κ1) is 40.9. The van der Waals surface area contributed by atoms with Crippen molar-refractivity contribution < 1.29 is 13.9 Å². The highest BCUT2D eigenvalue weighted by molar-refractivity contribution is 7.40. The summed E-state index contributed by atoms with van der Waals surface area (Å²) in [5, 5.41) is 0. The Labute approximate surface area is 332 Å². The number of benzene rings is 2. The van der Waals surface area contributed by atoms with E-state index in [2.05, 4.69) is 107 Å². The van der Waals surface area contributed by atoms with E-state index < -0.39 is 8.60 Å². The lowest BCUT2D eigenvalue weighted by Gasteiger charge is -2.57. The molecule has 1 heterocycles. The van der Waals surface area contributed by atoms with Crippen molar-refractivity contribution in [3.05, 3.63) is 68.8 Å². The van der Waals surface area contributed by atoms with Crippen LogP contribution in [0.5, 0.6) is 0 Å². The van der Waals surface area contributed by atoms with Gasteiger partial charge in [-0.1, -0.05) is 146 Å². The number of fused-ring (bicyclic) bond motifs is 7. The minimum absolute atomic E-state index is 0.00542. The fourth-order valence-corrected chi connectivity index (χ4v) is 14.0. The SMILES string of the molecule is CC(C)c1cc(C(C)C)c(C2CC3CCCCC3C3C2OP(O)OC2C(c4c(C(C)C)cc(C(C)C)cc4C(C)C)CC4CCCCC4C23)c(C(C)C)c1. The molecule has 4 heteroatoms. The Kier molecular flexibility index (Phi) is 12.5. The molecule has 1 N–H and O–H groups in total. The summed E-state index contributed by atoms with van der Waals surface area (Å²) in [6.07, 6.45) is 13.1. The molecule has 10 unspecified atom stereocenters. The van der Waals surface area contributed by atoms with Crippen LogP contribution in [0, 0.1) is 35.5 Å². The van der Waals surface area contributed by atoms with Gasteiger partial charge in [0.15, 0.2) is 0 Å². The number of hydrogen-bond donors (Lipinski definition) is 1. The van der Waals surface area contributed by atoms with Crippen molar-refractivity contribution in [2.45, 2.75) is 207 Å². The summed E-state index contributed by atoms with van der Waals surface area (Å²) in [6, 6.07) is 10.2. The van der Waals surface area contributed by atoms with Gasteiger partial charge >= 0.3 is 8.60 Å². The third kappa shape index (κ3) is 7.58. The average molecular weight is 757 g/mol. The standard InChI is InChI=1S/C50H77O3P/c1-27(2)35-23-39(29(5)6)45(40(24-35)30(7)8)43-21-33-17-13-15-19-37(33)47-48-38-20-16-14-18-34(38)22-44(50(48)53-54(51)52-49(43)47)46-41(31(9)10)25-36(28(3)4)26-42(46)32(11)12/h23-34,37-38,43-44,47-51H,13-22H2,1-12H3. The van der Waals surface area contributed by atoms with Crippen LogP contribution in [0.1, 0.15) is 239 Å². The molecule has 7 rings (SSSR count). The van der Waals surface area contributed by atoms with Crippen LogP contribution in [0.15, 0.2) is 24.3 Å². The van der Waals surface area contributed by atoms with Crippen LogP contribution < -0.4 is 0 Å². The molecule has 300 valence electrons. The van der Waals surface area contributed by atoms with Crippen molar-refractivity contribution in [2.24, 2.45) is 35.5 Å². The molecule has 1 aliphatic heterocycles. The quantitative estimate of drug-likeness (QED) is 0.273. The van der Waals surface area contributed by atoms with Crippen molar-refractivity contribution in [3.63, 3.8) is 0 Å². The summed E-state index contributed by atoms with van der Waals surface area (Å²) in [5.74, 6) is 6.85. The zero-order valence-corrected chi connectivity index (χ0v) is 37.2. The molecule has 3 nitrogen and oxygen atoms in total. The fraction of sp³-hybridized carbons (Fsp3) is 0.760. The van der Waals surface area contributed by atoms with Gasteiger partial charge in [0.25, 0.3) is 0 Å². The first-order valence-electron chi connectivity index (χ1n) is 22.8. The highest BCUT2D eigenvalue weighted by atomic mass is 31.2. The third-order valence-corrected chi connectivity index (χ3v) is 16.4. The van der Waals surface area contributed by atoms with Crippen molar-refractivity contribution in [3.8, 4) is 0 Å². The first-order valence-corrected chi connectivity index (χ1v) is 24.0. The topological polar surface area (TPSA) is 38.7 Å². The van der Waals surface area contributed by atoms with Gasteiger partial charge in [0.05, 0.1) is 12.2 Å². The van der Waals surface area contributed by atoms with Crippen molar-refractivity contribution in [2.75, 3.05) is 0 Å². The van der Waals surface area contributed by atoms with Crippen LogP contribution in [0.4, 0.5) is 0 Å². The lowest BCUT2D eigenvalue weighted by atomic mass is 9.49. The molecule has 0 amide bonds. The smallest absolute Gasteiger partial charge is 0.328 e. The van der Waals surface area contributed by atoms with Gasteiger partial charge in [-0.05, 0) is 141 Å². The first-order chi connectivity index (χ1) is 25.7. The Morgan fingerprint density at radius 2 is 0.796 bits per heavy atom. The third-order valence-electron chi connectivity index (χ3n) is 15.6. The van der Waals surface area contributed by atoms with Gasteiger partial charge in [0.2, 0.25) is 0 Å². The molecule has 2 aromatic rings. The summed E-state index contributed by atoms with van der Waals surface area (Å²) < 4.78 is 14.5. The highest BCUT2D eigenvalue weighted by Gasteiger charge is 2.60. The molecular formula is C50H77O3P. The second-order valence-corrected chi connectivity index (χ2v) is 21.7. The molecule has 5 fully saturated rings. The lowest BCUT2D eigenvalue weighted by Crippen LogP contribution is -2.55. The zero-order valence-electron chi connectivity index (χ0n) is 36.3. The van der Waals surface area contributed by atoms with E-state index in [-0.39, 0.29) is 24.0 Å². The van der Waals surface area contributed by atoms with Crippen LogP contribution in [0.25, 0.3) is 0 Å². The van der Waals surface area contributed by atoms with Gasteiger partial charge in [-0.3, -0.25) is 0 Å². The van der Waals surface area contributed by atoms with Gasteiger partial charge in [0, 0.05) is 11.8 Å². The van der Waals surface area contributed by atoms with E-state index in [1.165, 1.54) is 97.6 Å². The van der Waals surface area contributed by atoms with Gasteiger partial charge in [-0.25, -0.2) is 0 Å². The van der Waals surface area contributed by atoms with Gasteiger partial charge in [0.1, 0.15) is 0 Å². The Balaban J connectivity index is 1.44. The van der Waals surface area contributed by atoms with E-state index in [0.717, 1.165) is 0 Å². The number of hydrogen-bond acceptors (Lipinski definition) is 3. The van der Waals surface area contributed by atoms with E-state index in [0.29, 0.717) is 71.0 Å². The van der Waals surface area contributed by atoms with Crippen molar-refractivity contribution >= 4 is 8.60 Å². The Morgan fingerprint density at radius 1 is 0.481 bits per heavy atom. The minimum Gasteiger partial charge on any atom is -0.328 e. The van der Waals surface area contributed by atoms with Crippen LogP contribution >= 0.6 is 8.60 Å². The molecule has 5 aliphatic rings. The minimum atomic E-state index is -2.02. The molecule has 54 heavy (non-hydrogen) atoms. The Bertz CT molecular complexity index is 1430. The molecular weight excluding hydrogens is 680 g/mol. The molecule has 4 saturated carbocycles. The van der Waals surface area contributed by atoms with E-state index in [1.54, 1.807) is 11.1 Å². The zero-order chi connectivity index (χ0) is 38.7. The normalized spacial score (nSPS) is 34.3. The van der Waals surface area contributed by atoms with Gasteiger partial charge < -0.3 is 13.9 Å². The predicted octanol–water partition coefficient (Wildman–Crippen LogP) is 15.0. The van der Waals surface area contributed by atoms with Crippen LogP contribution in [-0.2, 0) is 9.05 Å². The molecule has 0 bridgehead atoms. The molecule has 0 radical (unpaired) electrons. The summed E-state index contributed by atoms with van der Waals surface area (Å²) in [5.41, 5.74) is 12.2. The second-order valence-electron chi connectivity index (χ2n) is 20.8. The average Bonchev–Trinajstić information content (AvgIpc) is 3.29. The van der Waals surface area contributed by atoms with Gasteiger partial charge in [-0.2, -0.15) is 0 Å². The molecule has 2 aromatic carbocycles.